The third-order valence-corrected chi connectivity index (χ3v) is 7.38. The number of hydrogen-bond acceptors (Lipinski definition) is 7. The molecule has 1 aliphatic carbocycles. The number of aromatic nitrogens is 2. The number of carbonyl (C=O) groups excluding carboxylic acids is 1. The Morgan fingerprint density at radius 2 is 2.13 bits per heavy atom. The van der Waals surface area contributed by atoms with Crippen molar-refractivity contribution in [1.29, 1.82) is 0 Å². The van der Waals surface area contributed by atoms with Gasteiger partial charge in [-0.15, -0.1) is 11.3 Å². The highest BCUT2D eigenvalue weighted by Crippen LogP contribution is 2.41. The number of fused-ring (bicyclic) bond motifs is 3. The molecule has 0 aliphatic heterocycles. The molecule has 8 heteroatoms. The predicted octanol–water partition coefficient (Wildman–Crippen LogP) is 4.87. The van der Waals surface area contributed by atoms with Gasteiger partial charge in [0.25, 0.3) is 0 Å². The molecular formula is C22H25N3O3S2. The molecule has 158 valence electrons. The molecule has 1 atom stereocenters. The summed E-state index contributed by atoms with van der Waals surface area (Å²) >= 11 is 3.25. The van der Waals surface area contributed by atoms with Crippen LogP contribution in [0.2, 0.25) is 0 Å². The van der Waals surface area contributed by atoms with Crippen LogP contribution in [0.1, 0.15) is 29.6 Å². The van der Waals surface area contributed by atoms with Gasteiger partial charge < -0.3 is 14.8 Å². The maximum absolute atomic E-state index is 12.7. The number of thioether (sulfide) groups is 1. The topological polar surface area (TPSA) is 73.3 Å². The van der Waals surface area contributed by atoms with Crippen molar-refractivity contribution < 1.29 is 14.3 Å². The average Bonchev–Trinajstić information content (AvgIpc) is 3.08. The normalized spacial score (nSPS) is 15.7. The van der Waals surface area contributed by atoms with E-state index in [4.69, 9.17) is 9.47 Å². The fourth-order valence-electron chi connectivity index (χ4n) is 3.75. The molecule has 1 aromatic carbocycles. The average molecular weight is 444 g/mol. The van der Waals surface area contributed by atoms with E-state index in [9.17, 15) is 4.79 Å². The number of amides is 1. The SMILES string of the molecule is COc1ccc(OC)c(NC(=O)CSc2nc(C)nc3sc4c(c23)CC[C@@H](C)C4)c1. The molecule has 1 aliphatic rings. The molecule has 6 nitrogen and oxygen atoms in total. The van der Waals surface area contributed by atoms with Gasteiger partial charge in [0.15, 0.2) is 0 Å². The maximum atomic E-state index is 12.7. The Kier molecular flexibility index (Phi) is 6.15. The fraction of sp³-hybridized carbons (Fsp3) is 0.409. The Hall–Kier alpha value is -2.32. The molecule has 0 unspecified atom stereocenters. The number of anilines is 1. The first-order valence-corrected chi connectivity index (χ1v) is 11.7. The summed E-state index contributed by atoms with van der Waals surface area (Å²) in [7, 11) is 3.17. The summed E-state index contributed by atoms with van der Waals surface area (Å²) in [5.74, 6) is 2.84. The van der Waals surface area contributed by atoms with Gasteiger partial charge in [0.05, 0.1) is 25.7 Å². The fourth-order valence-corrected chi connectivity index (χ4v) is 6.14. The smallest absolute Gasteiger partial charge is 0.234 e. The first-order chi connectivity index (χ1) is 14.5. The van der Waals surface area contributed by atoms with Gasteiger partial charge in [-0.2, -0.15) is 0 Å². The van der Waals surface area contributed by atoms with Crippen molar-refractivity contribution in [2.75, 3.05) is 25.3 Å². The van der Waals surface area contributed by atoms with Gasteiger partial charge >= 0.3 is 0 Å². The second-order valence-electron chi connectivity index (χ2n) is 7.51. The molecule has 3 aromatic rings. The molecule has 1 amide bonds. The summed E-state index contributed by atoms with van der Waals surface area (Å²) in [5.41, 5.74) is 1.97. The quantitative estimate of drug-likeness (QED) is 0.433. The van der Waals surface area contributed by atoms with Crippen LogP contribution in [0.3, 0.4) is 0 Å². The molecule has 2 aromatic heterocycles. The van der Waals surface area contributed by atoms with E-state index in [2.05, 4.69) is 22.2 Å². The maximum Gasteiger partial charge on any atom is 0.234 e. The highest BCUT2D eigenvalue weighted by molar-refractivity contribution is 8.00. The Bertz CT molecular complexity index is 1100. The summed E-state index contributed by atoms with van der Waals surface area (Å²) in [5, 5.41) is 4.97. The summed E-state index contributed by atoms with van der Waals surface area (Å²) in [4.78, 5) is 24.5. The van der Waals surface area contributed by atoms with Gasteiger partial charge in [-0.05, 0) is 49.8 Å². The number of nitrogens with zero attached hydrogens (tertiary/aromatic N) is 2. The van der Waals surface area contributed by atoms with E-state index in [0.29, 0.717) is 23.1 Å². The predicted molar refractivity (Wildman–Crippen MR) is 122 cm³/mol. The minimum atomic E-state index is -0.117. The number of nitrogens with one attached hydrogen (secondary N) is 1. The molecule has 0 radical (unpaired) electrons. The van der Waals surface area contributed by atoms with E-state index in [1.165, 1.54) is 28.6 Å². The third kappa shape index (κ3) is 4.25. The van der Waals surface area contributed by atoms with E-state index in [1.54, 1.807) is 43.8 Å². The van der Waals surface area contributed by atoms with Crippen LogP contribution in [0.15, 0.2) is 23.2 Å². The lowest BCUT2D eigenvalue weighted by Gasteiger charge is -2.18. The molecule has 0 fully saturated rings. The monoisotopic (exact) mass is 443 g/mol. The van der Waals surface area contributed by atoms with Crippen LogP contribution in [-0.2, 0) is 17.6 Å². The summed E-state index contributed by atoms with van der Waals surface area (Å²) in [6.45, 7) is 4.21. The van der Waals surface area contributed by atoms with E-state index in [1.807, 2.05) is 6.92 Å². The second kappa shape index (κ2) is 8.81. The lowest BCUT2D eigenvalue weighted by molar-refractivity contribution is -0.113. The largest absolute Gasteiger partial charge is 0.497 e. The minimum absolute atomic E-state index is 0.117. The van der Waals surface area contributed by atoms with E-state index in [-0.39, 0.29) is 11.7 Å². The van der Waals surface area contributed by atoms with Gasteiger partial charge in [0, 0.05) is 16.3 Å². The highest BCUT2D eigenvalue weighted by atomic mass is 32.2. The first-order valence-electron chi connectivity index (χ1n) is 9.92. The van der Waals surface area contributed by atoms with Crippen LogP contribution < -0.4 is 14.8 Å². The Balaban J connectivity index is 1.55. The number of rotatable bonds is 6. The summed E-state index contributed by atoms with van der Waals surface area (Å²) in [6.07, 6.45) is 3.35. The van der Waals surface area contributed by atoms with Crippen molar-refractivity contribution in [3.05, 3.63) is 34.5 Å². The van der Waals surface area contributed by atoms with Crippen molar-refractivity contribution in [3.8, 4) is 11.5 Å². The Morgan fingerprint density at radius 3 is 2.90 bits per heavy atom. The van der Waals surface area contributed by atoms with Crippen LogP contribution >= 0.6 is 23.1 Å². The number of benzene rings is 1. The third-order valence-electron chi connectivity index (χ3n) is 5.25. The van der Waals surface area contributed by atoms with Gasteiger partial charge in [-0.3, -0.25) is 4.79 Å². The highest BCUT2D eigenvalue weighted by Gasteiger charge is 2.24. The van der Waals surface area contributed by atoms with Gasteiger partial charge in [-0.25, -0.2) is 9.97 Å². The molecule has 30 heavy (non-hydrogen) atoms. The van der Waals surface area contributed by atoms with Crippen molar-refractivity contribution in [3.63, 3.8) is 0 Å². The Labute approximate surface area is 184 Å². The molecule has 4 rings (SSSR count). The lowest BCUT2D eigenvalue weighted by Crippen LogP contribution is -2.15. The zero-order chi connectivity index (χ0) is 21.3. The zero-order valence-electron chi connectivity index (χ0n) is 17.6. The molecule has 2 heterocycles. The number of thiophene rings is 1. The Morgan fingerprint density at radius 1 is 1.30 bits per heavy atom. The number of aryl methyl sites for hydroxylation is 2. The van der Waals surface area contributed by atoms with Gasteiger partial charge in [-0.1, -0.05) is 18.7 Å². The molecule has 0 saturated carbocycles. The number of methoxy groups -OCH3 is 2. The molecule has 0 saturated heterocycles. The molecule has 0 spiro atoms. The van der Waals surface area contributed by atoms with Crippen LogP contribution in [0.5, 0.6) is 11.5 Å². The molecule has 0 bridgehead atoms. The molecule has 1 N–H and O–H groups in total. The number of hydrogen-bond donors (Lipinski definition) is 1. The first kappa shape index (κ1) is 20.9. The zero-order valence-corrected chi connectivity index (χ0v) is 19.2. The lowest BCUT2D eigenvalue weighted by atomic mass is 9.89. The number of ether oxygens (including phenoxy) is 2. The van der Waals surface area contributed by atoms with Gasteiger partial charge in [0.2, 0.25) is 5.91 Å². The van der Waals surface area contributed by atoms with Crippen molar-refractivity contribution >= 4 is 44.9 Å². The molecular weight excluding hydrogens is 418 g/mol. The van der Waals surface area contributed by atoms with Crippen LogP contribution in [0.25, 0.3) is 10.2 Å². The standard InChI is InChI=1S/C22H25N3O3S2/c1-12-5-7-15-18(9-12)30-22-20(15)21(23-13(2)24-22)29-11-19(26)25-16-10-14(27-3)6-8-17(16)28-4/h6,8,10,12H,5,7,9,11H2,1-4H3,(H,25,26)/t12-/m1/s1. The van der Waals surface area contributed by atoms with E-state index in [0.717, 1.165) is 33.9 Å². The van der Waals surface area contributed by atoms with Crippen LogP contribution in [0, 0.1) is 12.8 Å². The minimum Gasteiger partial charge on any atom is -0.497 e. The van der Waals surface area contributed by atoms with Crippen molar-refractivity contribution in [1.82, 2.24) is 9.97 Å². The van der Waals surface area contributed by atoms with Crippen LogP contribution in [0.4, 0.5) is 5.69 Å². The van der Waals surface area contributed by atoms with Crippen molar-refractivity contribution in [2.24, 2.45) is 5.92 Å². The van der Waals surface area contributed by atoms with Gasteiger partial charge in [0.1, 0.15) is 27.2 Å². The van der Waals surface area contributed by atoms with E-state index >= 15 is 0 Å². The second-order valence-corrected chi connectivity index (χ2v) is 9.56. The van der Waals surface area contributed by atoms with E-state index < -0.39 is 0 Å². The van der Waals surface area contributed by atoms with Crippen molar-refractivity contribution in [2.45, 2.75) is 38.1 Å². The number of carbonyl (C=O) groups is 1. The summed E-state index contributed by atoms with van der Waals surface area (Å²) in [6, 6.07) is 5.33. The van der Waals surface area contributed by atoms with Crippen LogP contribution in [-0.4, -0.2) is 35.8 Å². The summed E-state index contributed by atoms with van der Waals surface area (Å²) < 4.78 is 10.6.